The topological polar surface area (TPSA) is 78.1 Å². The third-order valence-electron chi connectivity index (χ3n) is 4.46. The second-order valence-corrected chi connectivity index (χ2v) is 7.16. The molecule has 1 amide bonds. The van der Waals surface area contributed by atoms with Crippen molar-refractivity contribution in [2.75, 3.05) is 25.2 Å². The van der Waals surface area contributed by atoms with Gasteiger partial charge in [0.1, 0.15) is 5.82 Å². The predicted octanol–water partition coefficient (Wildman–Crippen LogP) is 3.28. The van der Waals surface area contributed by atoms with E-state index in [2.05, 4.69) is 15.3 Å². The average molecular weight is 382 g/mol. The van der Waals surface area contributed by atoms with Crippen molar-refractivity contribution in [3.05, 3.63) is 64.7 Å². The zero-order valence-corrected chi connectivity index (χ0v) is 16.3. The number of benzene rings is 2. The Balaban J connectivity index is 1.73. The molecule has 1 aromatic heterocycles. The second kappa shape index (κ2) is 8.37. The first-order valence-electron chi connectivity index (χ1n) is 8.61. The maximum atomic E-state index is 12.5. The molecule has 6 nitrogen and oxygen atoms in total. The number of rotatable bonds is 6. The lowest BCUT2D eigenvalue weighted by molar-refractivity contribution is -0.117. The third-order valence-corrected chi connectivity index (χ3v) is 5.26. The Labute approximate surface area is 162 Å². The van der Waals surface area contributed by atoms with Gasteiger partial charge in [0.2, 0.25) is 5.91 Å². The van der Waals surface area contributed by atoms with Gasteiger partial charge in [0.15, 0.2) is 0 Å². The number of nitrogens with zero attached hydrogens (tertiary/aromatic N) is 2. The standard InChI is InChI=1S/C20H22N4O2S/c1-13(19-22-15-9-5-4-8-14(15)20(26)23-19)24(2)12-18(25)21-16-10-6-7-11-17(16)27-3/h4-11,13H,12H2,1-3H3,(H,21,25)(H,22,23,26)/t13-/m0/s1. The Morgan fingerprint density at radius 2 is 1.93 bits per heavy atom. The Hall–Kier alpha value is -2.64. The quantitative estimate of drug-likeness (QED) is 0.640. The zero-order chi connectivity index (χ0) is 19.4. The smallest absolute Gasteiger partial charge is 0.258 e. The minimum absolute atomic E-state index is 0.117. The van der Waals surface area contributed by atoms with E-state index in [9.17, 15) is 9.59 Å². The van der Waals surface area contributed by atoms with Crippen LogP contribution in [-0.4, -0.2) is 40.6 Å². The monoisotopic (exact) mass is 382 g/mol. The van der Waals surface area contributed by atoms with Crippen molar-refractivity contribution in [2.24, 2.45) is 0 Å². The maximum absolute atomic E-state index is 12.5. The van der Waals surface area contributed by atoms with Crippen LogP contribution in [0.25, 0.3) is 10.9 Å². The fourth-order valence-electron chi connectivity index (χ4n) is 2.81. The molecule has 2 aromatic carbocycles. The highest BCUT2D eigenvalue weighted by Crippen LogP contribution is 2.24. The molecule has 0 aliphatic heterocycles. The SMILES string of the molecule is CSc1ccccc1NC(=O)CN(C)[C@@H](C)c1nc2ccccc2c(=O)[nH]1. The maximum Gasteiger partial charge on any atom is 0.258 e. The molecule has 1 heterocycles. The number of hydrogen-bond acceptors (Lipinski definition) is 5. The van der Waals surface area contributed by atoms with Crippen LogP contribution in [0.15, 0.2) is 58.2 Å². The van der Waals surface area contributed by atoms with Crippen LogP contribution >= 0.6 is 11.8 Å². The van der Waals surface area contributed by atoms with Crippen molar-refractivity contribution in [1.29, 1.82) is 0 Å². The molecule has 7 heteroatoms. The van der Waals surface area contributed by atoms with E-state index in [1.165, 1.54) is 0 Å². The first kappa shape index (κ1) is 19.1. The number of anilines is 1. The molecular formula is C20H22N4O2S. The molecule has 0 spiro atoms. The highest BCUT2D eigenvalue weighted by Gasteiger charge is 2.18. The molecule has 0 saturated carbocycles. The molecule has 2 N–H and O–H groups in total. The molecule has 27 heavy (non-hydrogen) atoms. The molecule has 3 aromatic rings. The van der Waals surface area contributed by atoms with Gasteiger partial charge in [-0.2, -0.15) is 0 Å². The summed E-state index contributed by atoms with van der Waals surface area (Å²) in [6, 6.07) is 14.7. The molecule has 0 unspecified atom stereocenters. The van der Waals surface area contributed by atoms with Crippen LogP contribution in [0, 0.1) is 0 Å². The number of thioether (sulfide) groups is 1. The number of fused-ring (bicyclic) bond motifs is 1. The lowest BCUT2D eigenvalue weighted by Crippen LogP contribution is -2.33. The molecular weight excluding hydrogens is 360 g/mol. The summed E-state index contributed by atoms with van der Waals surface area (Å²) in [4.78, 5) is 35.0. The van der Waals surface area contributed by atoms with Gasteiger partial charge in [-0.05, 0) is 44.5 Å². The van der Waals surface area contributed by atoms with Gasteiger partial charge in [-0.15, -0.1) is 11.8 Å². The fourth-order valence-corrected chi connectivity index (χ4v) is 3.37. The van der Waals surface area contributed by atoms with Gasteiger partial charge < -0.3 is 10.3 Å². The van der Waals surface area contributed by atoms with Gasteiger partial charge in [0, 0.05) is 4.90 Å². The molecule has 140 valence electrons. The minimum atomic E-state index is -0.219. The van der Waals surface area contributed by atoms with E-state index in [-0.39, 0.29) is 24.1 Å². The minimum Gasteiger partial charge on any atom is -0.324 e. The number of para-hydroxylation sites is 2. The van der Waals surface area contributed by atoms with Crippen molar-refractivity contribution >= 4 is 34.3 Å². The van der Waals surface area contributed by atoms with E-state index >= 15 is 0 Å². The summed E-state index contributed by atoms with van der Waals surface area (Å²) in [5.74, 6) is 0.424. The summed E-state index contributed by atoms with van der Waals surface area (Å²) in [5.41, 5.74) is 1.28. The second-order valence-electron chi connectivity index (χ2n) is 6.31. The van der Waals surface area contributed by atoms with Gasteiger partial charge in [0.25, 0.3) is 5.56 Å². The van der Waals surface area contributed by atoms with Crippen molar-refractivity contribution in [1.82, 2.24) is 14.9 Å². The zero-order valence-electron chi connectivity index (χ0n) is 15.5. The molecule has 1 atom stereocenters. The average Bonchev–Trinajstić information content (AvgIpc) is 2.67. The van der Waals surface area contributed by atoms with Gasteiger partial charge in [-0.25, -0.2) is 4.98 Å². The van der Waals surface area contributed by atoms with Gasteiger partial charge >= 0.3 is 0 Å². The van der Waals surface area contributed by atoms with E-state index < -0.39 is 0 Å². The number of aromatic nitrogens is 2. The summed E-state index contributed by atoms with van der Waals surface area (Å²) in [6.07, 6.45) is 1.97. The van der Waals surface area contributed by atoms with Crippen LogP contribution in [0.2, 0.25) is 0 Å². The number of H-pyrrole nitrogens is 1. The van der Waals surface area contributed by atoms with E-state index in [4.69, 9.17) is 0 Å². The number of hydrogen-bond donors (Lipinski definition) is 2. The summed E-state index contributed by atoms with van der Waals surface area (Å²) in [7, 11) is 1.83. The summed E-state index contributed by atoms with van der Waals surface area (Å²) in [5, 5.41) is 3.50. The molecule has 0 fully saturated rings. The van der Waals surface area contributed by atoms with E-state index in [0.717, 1.165) is 10.6 Å². The van der Waals surface area contributed by atoms with Crippen molar-refractivity contribution in [2.45, 2.75) is 17.9 Å². The third kappa shape index (κ3) is 4.37. The van der Waals surface area contributed by atoms with Crippen molar-refractivity contribution in [3.63, 3.8) is 0 Å². The Kier molecular flexibility index (Phi) is 5.93. The fraction of sp³-hybridized carbons (Fsp3) is 0.250. The number of carbonyl (C=O) groups is 1. The number of likely N-dealkylation sites (N-methyl/N-ethyl adjacent to an activating group) is 1. The summed E-state index contributed by atoms with van der Waals surface area (Å²) >= 11 is 1.58. The largest absolute Gasteiger partial charge is 0.324 e. The highest BCUT2D eigenvalue weighted by atomic mass is 32.2. The van der Waals surface area contributed by atoms with Gasteiger partial charge in [-0.3, -0.25) is 14.5 Å². The Bertz CT molecular complexity index is 1020. The van der Waals surface area contributed by atoms with E-state index in [1.807, 2.05) is 67.6 Å². The summed E-state index contributed by atoms with van der Waals surface area (Å²) in [6.45, 7) is 2.09. The number of amides is 1. The number of carbonyl (C=O) groups excluding carboxylic acids is 1. The van der Waals surface area contributed by atoms with Gasteiger partial charge in [0.05, 0.1) is 29.2 Å². The van der Waals surface area contributed by atoms with Crippen molar-refractivity contribution < 1.29 is 4.79 Å². The van der Waals surface area contributed by atoms with E-state index in [0.29, 0.717) is 16.7 Å². The first-order valence-corrected chi connectivity index (χ1v) is 9.84. The Morgan fingerprint density at radius 3 is 2.70 bits per heavy atom. The van der Waals surface area contributed by atoms with Crippen LogP contribution in [0.1, 0.15) is 18.8 Å². The predicted molar refractivity (Wildman–Crippen MR) is 110 cm³/mol. The number of nitrogens with one attached hydrogen (secondary N) is 2. The molecule has 0 aliphatic carbocycles. The van der Waals surface area contributed by atoms with Crippen LogP contribution in [-0.2, 0) is 4.79 Å². The lowest BCUT2D eigenvalue weighted by atomic mass is 10.2. The molecule has 0 saturated heterocycles. The molecule has 0 aliphatic rings. The Morgan fingerprint density at radius 1 is 1.22 bits per heavy atom. The summed E-state index contributed by atoms with van der Waals surface area (Å²) < 4.78 is 0. The molecule has 0 radical (unpaired) electrons. The van der Waals surface area contributed by atoms with Crippen molar-refractivity contribution in [3.8, 4) is 0 Å². The lowest BCUT2D eigenvalue weighted by Gasteiger charge is -2.23. The van der Waals surface area contributed by atoms with E-state index in [1.54, 1.807) is 17.8 Å². The number of aromatic amines is 1. The normalized spacial score (nSPS) is 12.3. The highest BCUT2D eigenvalue weighted by molar-refractivity contribution is 7.98. The van der Waals surface area contributed by atoms with Crippen LogP contribution < -0.4 is 10.9 Å². The van der Waals surface area contributed by atoms with Gasteiger partial charge in [-0.1, -0.05) is 24.3 Å². The van der Waals surface area contributed by atoms with Crippen LogP contribution in [0.4, 0.5) is 5.69 Å². The molecule has 3 rings (SSSR count). The molecule has 0 bridgehead atoms. The van der Waals surface area contributed by atoms with Crippen LogP contribution in [0.3, 0.4) is 0 Å². The first-order chi connectivity index (χ1) is 13.0. The van der Waals surface area contributed by atoms with Crippen LogP contribution in [0.5, 0.6) is 0 Å².